The molecule has 0 bridgehead atoms. The average molecular weight is 331 g/mol. The molecule has 2 atom stereocenters. The number of ether oxygens (including phenoxy) is 2. The van der Waals surface area contributed by atoms with E-state index in [2.05, 4.69) is 15.5 Å². The van der Waals surface area contributed by atoms with Gasteiger partial charge in [0.15, 0.2) is 6.04 Å². The lowest BCUT2D eigenvalue weighted by molar-refractivity contribution is -0.156. The van der Waals surface area contributed by atoms with Crippen LogP contribution in [0.1, 0.15) is 30.5 Å². The highest BCUT2D eigenvalue weighted by atomic mass is 16.5. The first-order valence-electron chi connectivity index (χ1n) is 7.92. The third-order valence-electron chi connectivity index (χ3n) is 4.28. The number of rotatable bonds is 8. The molecule has 1 aliphatic heterocycles. The molecule has 2 heterocycles. The molecule has 0 radical (unpaired) electrons. The molecule has 0 N–H and O–H groups in total. The highest BCUT2D eigenvalue weighted by molar-refractivity contribution is 5.88. The SMILES string of the molecule is COCCCCN1C(=O)[C@H](n2cnnn2)[C@H]1c1ccc(OC)cc1. The summed E-state index contributed by atoms with van der Waals surface area (Å²) in [5.41, 5.74) is 1.04. The molecular formula is C16H21N5O3. The fourth-order valence-corrected chi connectivity index (χ4v) is 3.03. The Morgan fingerprint density at radius 2 is 1.92 bits per heavy atom. The van der Waals surface area contributed by atoms with E-state index < -0.39 is 6.04 Å². The van der Waals surface area contributed by atoms with Crippen LogP contribution in [0, 0.1) is 0 Å². The van der Waals surface area contributed by atoms with Crippen molar-refractivity contribution in [1.82, 2.24) is 25.1 Å². The molecule has 0 aliphatic carbocycles. The minimum Gasteiger partial charge on any atom is -0.497 e. The zero-order valence-corrected chi connectivity index (χ0v) is 13.8. The molecule has 1 fully saturated rings. The van der Waals surface area contributed by atoms with Crippen LogP contribution in [-0.4, -0.2) is 58.4 Å². The molecule has 0 spiro atoms. The number of benzene rings is 1. The summed E-state index contributed by atoms with van der Waals surface area (Å²) in [5.74, 6) is 0.829. The van der Waals surface area contributed by atoms with Crippen molar-refractivity contribution in [2.75, 3.05) is 27.4 Å². The van der Waals surface area contributed by atoms with E-state index in [1.165, 1.54) is 11.0 Å². The van der Waals surface area contributed by atoms with Gasteiger partial charge in [0.25, 0.3) is 5.91 Å². The van der Waals surface area contributed by atoms with Crippen molar-refractivity contribution in [2.24, 2.45) is 0 Å². The number of nitrogens with zero attached hydrogens (tertiary/aromatic N) is 5. The quantitative estimate of drug-likeness (QED) is 0.534. The van der Waals surface area contributed by atoms with Gasteiger partial charge in [0.2, 0.25) is 0 Å². The van der Waals surface area contributed by atoms with E-state index in [4.69, 9.17) is 9.47 Å². The molecule has 3 rings (SSSR count). The van der Waals surface area contributed by atoms with Gasteiger partial charge in [-0.05, 0) is 41.0 Å². The van der Waals surface area contributed by atoms with Crippen LogP contribution in [0.2, 0.25) is 0 Å². The highest BCUT2D eigenvalue weighted by Gasteiger charge is 2.49. The summed E-state index contributed by atoms with van der Waals surface area (Å²) in [7, 11) is 3.32. The second-order valence-electron chi connectivity index (χ2n) is 5.68. The maximum atomic E-state index is 12.6. The summed E-state index contributed by atoms with van der Waals surface area (Å²) in [6.07, 6.45) is 3.31. The Morgan fingerprint density at radius 3 is 2.54 bits per heavy atom. The standard InChI is InChI=1S/C16H21N5O3/c1-23-10-4-3-9-20-14(12-5-7-13(24-2)8-6-12)15(16(20)22)21-11-17-18-19-21/h5-8,11,14-15H,3-4,9-10H2,1-2H3/t14-,15-/m1/s1. The van der Waals surface area contributed by atoms with E-state index in [1.54, 1.807) is 14.2 Å². The van der Waals surface area contributed by atoms with Gasteiger partial charge < -0.3 is 14.4 Å². The van der Waals surface area contributed by atoms with Crippen LogP contribution in [0.5, 0.6) is 5.75 Å². The molecule has 0 saturated carbocycles. The summed E-state index contributed by atoms with van der Waals surface area (Å²) in [5, 5.41) is 11.2. The molecule has 2 aromatic rings. The van der Waals surface area contributed by atoms with E-state index in [0.29, 0.717) is 13.2 Å². The van der Waals surface area contributed by atoms with Crippen LogP contribution >= 0.6 is 0 Å². The maximum Gasteiger partial charge on any atom is 0.250 e. The van der Waals surface area contributed by atoms with E-state index in [9.17, 15) is 4.79 Å². The fraction of sp³-hybridized carbons (Fsp3) is 0.500. The van der Waals surface area contributed by atoms with Gasteiger partial charge in [0.05, 0.1) is 13.2 Å². The van der Waals surface area contributed by atoms with E-state index >= 15 is 0 Å². The molecule has 128 valence electrons. The van der Waals surface area contributed by atoms with Gasteiger partial charge in [-0.3, -0.25) is 4.79 Å². The van der Waals surface area contributed by atoms with Gasteiger partial charge in [-0.1, -0.05) is 12.1 Å². The normalized spacial score (nSPS) is 20.1. The Bertz CT molecular complexity index is 659. The van der Waals surface area contributed by atoms with Crippen LogP contribution in [0.4, 0.5) is 0 Å². The zero-order chi connectivity index (χ0) is 16.9. The number of aromatic nitrogens is 4. The van der Waals surface area contributed by atoms with E-state index in [1.807, 2.05) is 29.2 Å². The van der Waals surface area contributed by atoms with Gasteiger partial charge in [-0.25, -0.2) is 4.68 Å². The Morgan fingerprint density at radius 1 is 1.12 bits per heavy atom. The number of tetrazole rings is 1. The van der Waals surface area contributed by atoms with E-state index in [0.717, 1.165) is 24.2 Å². The molecular weight excluding hydrogens is 310 g/mol. The van der Waals surface area contributed by atoms with Crippen molar-refractivity contribution in [3.05, 3.63) is 36.2 Å². The summed E-state index contributed by atoms with van der Waals surface area (Å²) < 4.78 is 11.8. The first-order chi connectivity index (χ1) is 11.8. The zero-order valence-electron chi connectivity index (χ0n) is 13.8. The Hall–Kier alpha value is -2.48. The number of β-lactam (4-membered cyclic amide) rings is 1. The molecule has 1 amide bonds. The lowest BCUT2D eigenvalue weighted by atomic mass is 9.88. The number of carbonyl (C=O) groups is 1. The van der Waals surface area contributed by atoms with Gasteiger partial charge >= 0.3 is 0 Å². The fourth-order valence-electron chi connectivity index (χ4n) is 3.03. The third kappa shape index (κ3) is 3.09. The second kappa shape index (κ2) is 7.39. The lowest BCUT2D eigenvalue weighted by Crippen LogP contribution is -2.55. The summed E-state index contributed by atoms with van der Waals surface area (Å²) in [6.45, 7) is 1.39. The number of likely N-dealkylation sites (tertiary alicyclic amines) is 1. The number of hydrogen-bond donors (Lipinski definition) is 0. The largest absolute Gasteiger partial charge is 0.497 e. The smallest absolute Gasteiger partial charge is 0.250 e. The van der Waals surface area contributed by atoms with E-state index in [-0.39, 0.29) is 11.9 Å². The molecule has 24 heavy (non-hydrogen) atoms. The molecule has 1 saturated heterocycles. The Labute approximate surface area is 140 Å². The highest BCUT2D eigenvalue weighted by Crippen LogP contribution is 2.43. The van der Waals surface area contributed by atoms with Crippen molar-refractivity contribution in [1.29, 1.82) is 0 Å². The number of unbranched alkanes of at least 4 members (excludes halogenated alkanes) is 1. The van der Waals surface area contributed by atoms with Crippen molar-refractivity contribution in [3.8, 4) is 5.75 Å². The van der Waals surface area contributed by atoms with Crippen molar-refractivity contribution in [2.45, 2.75) is 24.9 Å². The molecule has 1 aliphatic rings. The van der Waals surface area contributed by atoms with Crippen LogP contribution in [0.15, 0.2) is 30.6 Å². The first kappa shape index (κ1) is 16.4. The van der Waals surface area contributed by atoms with Crippen LogP contribution in [0.25, 0.3) is 0 Å². The molecule has 8 nitrogen and oxygen atoms in total. The summed E-state index contributed by atoms with van der Waals surface area (Å²) >= 11 is 0. The molecule has 1 aromatic heterocycles. The minimum absolute atomic E-state index is 0.0422. The number of methoxy groups -OCH3 is 2. The average Bonchev–Trinajstić information content (AvgIpc) is 3.13. The summed E-state index contributed by atoms with van der Waals surface area (Å²) in [6, 6.07) is 7.30. The van der Waals surface area contributed by atoms with Gasteiger partial charge in [-0.2, -0.15) is 0 Å². The second-order valence-corrected chi connectivity index (χ2v) is 5.68. The number of amides is 1. The number of carbonyl (C=O) groups excluding carboxylic acids is 1. The number of hydrogen-bond acceptors (Lipinski definition) is 6. The van der Waals surface area contributed by atoms with Crippen molar-refractivity contribution < 1.29 is 14.3 Å². The molecule has 0 unspecified atom stereocenters. The minimum atomic E-state index is -0.393. The third-order valence-corrected chi connectivity index (χ3v) is 4.28. The van der Waals surface area contributed by atoms with Crippen molar-refractivity contribution in [3.63, 3.8) is 0 Å². The molecule has 8 heteroatoms. The predicted octanol–water partition coefficient (Wildman–Crippen LogP) is 1.23. The monoisotopic (exact) mass is 331 g/mol. The summed E-state index contributed by atoms with van der Waals surface area (Å²) in [4.78, 5) is 14.5. The van der Waals surface area contributed by atoms with Crippen LogP contribution in [0.3, 0.4) is 0 Å². The van der Waals surface area contributed by atoms with Gasteiger partial charge in [-0.15, -0.1) is 5.10 Å². The van der Waals surface area contributed by atoms with Gasteiger partial charge in [0.1, 0.15) is 12.1 Å². The van der Waals surface area contributed by atoms with Gasteiger partial charge in [0, 0.05) is 20.3 Å². The maximum absolute atomic E-state index is 12.6. The predicted molar refractivity (Wildman–Crippen MR) is 85.4 cm³/mol. The van der Waals surface area contributed by atoms with Crippen molar-refractivity contribution >= 4 is 5.91 Å². The lowest BCUT2D eigenvalue weighted by Gasteiger charge is -2.47. The van der Waals surface area contributed by atoms with Crippen LogP contribution < -0.4 is 4.74 Å². The molecule has 1 aromatic carbocycles. The topological polar surface area (TPSA) is 82.4 Å². The first-order valence-corrected chi connectivity index (χ1v) is 7.92. The Balaban J connectivity index is 1.78. The van der Waals surface area contributed by atoms with Crippen LogP contribution in [-0.2, 0) is 9.53 Å². The Kier molecular flexibility index (Phi) is 5.05.